The molecular weight excluding hydrogens is 248 g/mol. The number of hydrogen-bond acceptors (Lipinski definition) is 6. The zero-order valence-electron chi connectivity index (χ0n) is 10.7. The molecule has 2 rings (SSSR count). The highest BCUT2D eigenvalue weighted by Crippen LogP contribution is 2.09. The Morgan fingerprint density at radius 2 is 2.21 bits per heavy atom. The van der Waals surface area contributed by atoms with Gasteiger partial charge in [0.05, 0.1) is 24.0 Å². The van der Waals surface area contributed by atoms with Crippen LogP contribution in [0.2, 0.25) is 0 Å². The number of aromatic nitrogens is 3. The van der Waals surface area contributed by atoms with Crippen LogP contribution in [0.4, 0.5) is 5.95 Å². The van der Waals surface area contributed by atoms with E-state index in [2.05, 4.69) is 20.3 Å². The summed E-state index contributed by atoms with van der Waals surface area (Å²) in [6.07, 6.45) is 3.74. The minimum atomic E-state index is -1.04. The van der Waals surface area contributed by atoms with Gasteiger partial charge in [0.25, 0.3) is 0 Å². The third kappa shape index (κ3) is 3.06. The van der Waals surface area contributed by atoms with E-state index in [1.54, 1.807) is 13.1 Å². The first-order chi connectivity index (χ1) is 9.10. The monoisotopic (exact) mass is 262 g/mol. The summed E-state index contributed by atoms with van der Waals surface area (Å²) in [6.45, 7) is 3.96. The van der Waals surface area contributed by atoms with Gasteiger partial charge in [0.2, 0.25) is 11.8 Å². The Morgan fingerprint density at radius 3 is 2.79 bits per heavy atom. The van der Waals surface area contributed by atoms with Gasteiger partial charge in [-0.1, -0.05) is 6.92 Å². The average Bonchev–Trinajstić information content (AvgIpc) is 2.84. The summed E-state index contributed by atoms with van der Waals surface area (Å²) in [5.74, 6) is 0.665. The fourth-order valence-corrected chi connectivity index (χ4v) is 1.51. The molecule has 2 heterocycles. The van der Waals surface area contributed by atoms with Crippen LogP contribution in [0.3, 0.4) is 0 Å². The smallest absolute Gasteiger partial charge is 0.339 e. The molecule has 0 saturated heterocycles. The van der Waals surface area contributed by atoms with Crippen molar-refractivity contribution in [2.75, 3.05) is 5.32 Å². The third-order valence-corrected chi connectivity index (χ3v) is 2.56. The number of rotatable bonds is 5. The zero-order chi connectivity index (χ0) is 13.8. The fraction of sp³-hybridized carbons (Fsp3) is 0.333. The molecule has 2 aromatic heterocycles. The number of aryl methyl sites for hydroxylation is 2. The number of hydrogen-bond donors (Lipinski definition) is 2. The van der Waals surface area contributed by atoms with Crippen LogP contribution in [0, 0.1) is 6.92 Å². The standard InChI is InChI=1S/C12H14N4O3/c1-3-8-4-13-10(19-8)6-15-12-14-5-9(11(17)18)7(2)16-12/h4-5H,3,6H2,1-2H3,(H,17,18)(H,14,15,16). The lowest BCUT2D eigenvalue weighted by Gasteiger charge is -2.04. The molecule has 2 N–H and O–H groups in total. The number of carboxylic acids is 1. The number of carbonyl (C=O) groups is 1. The quantitative estimate of drug-likeness (QED) is 0.844. The number of carboxylic acid groups (broad SMARTS) is 1. The van der Waals surface area contributed by atoms with Crippen LogP contribution in [0.5, 0.6) is 0 Å². The lowest BCUT2D eigenvalue weighted by Crippen LogP contribution is -2.08. The minimum Gasteiger partial charge on any atom is -0.478 e. The molecule has 0 atom stereocenters. The molecule has 0 amide bonds. The second kappa shape index (κ2) is 5.47. The number of oxazole rings is 1. The molecule has 100 valence electrons. The van der Waals surface area contributed by atoms with Crippen LogP contribution in [0.25, 0.3) is 0 Å². The van der Waals surface area contributed by atoms with E-state index >= 15 is 0 Å². The Morgan fingerprint density at radius 1 is 1.42 bits per heavy atom. The van der Waals surface area contributed by atoms with Gasteiger partial charge in [-0.25, -0.2) is 19.7 Å². The second-order valence-electron chi connectivity index (χ2n) is 3.93. The Bertz CT molecular complexity index is 594. The van der Waals surface area contributed by atoms with E-state index in [9.17, 15) is 4.79 Å². The maximum absolute atomic E-state index is 10.8. The van der Waals surface area contributed by atoms with E-state index in [-0.39, 0.29) is 5.56 Å². The van der Waals surface area contributed by atoms with Crippen molar-refractivity contribution in [2.24, 2.45) is 0 Å². The second-order valence-corrected chi connectivity index (χ2v) is 3.93. The van der Waals surface area contributed by atoms with Gasteiger partial charge in [0.15, 0.2) is 0 Å². The molecule has 0 aromatic carbocycles. The van der Waals surface area contributed by atoms with Crippen LogP contribution in [-0.2, 0) is 13.0 Å². The van der Waals surface area contributed by atoms with Gasteiger partial charge in [0, 0.05) is 12.6 Å². The summed E-state index contributed by atoms with van der Waals surface area (Å²) < 4.78 is 5.42. The summed E-state index contributed by atoms with van der Waals surface area (Å²) in [5, 5.41) is 11.8. The molecule has 7 heteroatoms. The van der Waals surface area contributed by atoms with Crippen molar-refractivity contribution in [2.45, 2.75) is 26.8 Å². The maximum atomic E-state index is 10.8. The van der Waals surface area contributed by atoms with E-state index in [0.717, 1.165) is 12.2 Å². The highest BCUT2D eigenvalue weighted by molar-refractivity contribution is 5.88. The van der Waals surface area contributed by atoms with Crippen molar-refractivity contribution in [1.29, 1.82) is 0 Å². The molecule has 2 aromatic rings. The number of nitrogens with zero attached hydrogens (tertiary/aromatic N) is 3. The van der Waals surface area contributed by atoms with Crippen molar-refractivity contribution >= 4 is 11.9 Å². The van der Waals surface area contributed by atoms with Crippen LogP contribution in [-0.4, -0.2) is 26.0 Å². The molecule has 0 bridgehead atoms. The minimum absolute atomic E-state index is 0.0925. The number of nitrogens with one attached hydrogen (secondary N) is 1. The summed E-state index contributed by atoms with van der Waals surface area (Å²) >= 11 is 0. The Hall–Kier alpha value is -2.44. The lowest BCUT2D eigenvalue weighted by atomic mass is 10.2. The lowest BCUT2D eigenvalue weighted by molar-refractivity contribution is 0.0695. The van der Waals surface area contributed by atoms with Gasteiger partial charge in [-0.05, 0) is 6.92 Å². The molecule has 0 fully saturated rings. The highest BCUT2D eigenvalue weighted by Gasteiger charge is 2.10. The molecule has 0 aliphatic rings. The molecular formula is C12H14N4O3. The summed E-state index contributed by atoms with van der Waals surface area (Å²) in [7, 11) is 0. The molecule has 0 unspecified atom stereocenters. The van der Waals surface area contributed by atoms with Gasteiger partial charge < -0.3 is 14.8 Å². The van der Waals surface area contributed by atoms with Crippen LogP contribution >= 0.6 is 0 Å². The molecule has 7 nitrogen and oxygen atoms in total. The largest absolute Gasteiger partial charge is 0.478 e. The summed E-state index contributed by atoms with van der Waals surface area (Å²) in [4.78, 5) is 22.9. The van der Waals surface area contributed by atoms with Crippen LogP contribution in [0.15, 0.2) is 16.8 Å². The van der Waals surface area contributed by atoms with Gasteiger partial charge in [-0.3, -0.25) is 0 Å². The Kier molecular flexibility index (Phi) is 3.74. The summed E-state index contributed by atoms with van der Waals surface area (Å²) in [5.41, 5.74) is 0.501. The van der Waals surface area contributed by atoms with E-state index in [1.165, 1.54) is 6.20 Å². The molecule has 0 spiro atoms. The maximum Gasteiger partial charge on any atom is 0.339 e. The Labute approximate surface area is 109 Å². The van der Waals surface area contributed by atoms with Crippen LogP contribution < -0.4 is 5.32 Å². The van der Waals surface area contributed by atoms with Gasteiger partial charge >= 0.3 is 5.97 Å². The number of anilines is 1. The van der Waals surface area contributed by atoms with Crippen molar-refractivity contribution < 1.29 is 14.3 Å². The van der Waals surface area contributed by atoms with E-state index in [0.29, 0.717) is 24.1 Å². The van der Waals surface area contributed by atoms with Gasteiger partial charge in [-0.2, -0.15) is 0 Å². The molecule has 0 radical (unpaired) electrons. The normalized spacial score (nSPS) is 10.4. The molecule has 0 aliphatic carbocycles. The first-order valence-corrected chi connectivity index (χ1v) is 5.84. The van der Waals surface area contributed by atoms with Crippen molar-refractivity contribution in [3.8, 4) is 0 Å². The SMILES string of the molecule is CCc1cnc(CNc2ncc(C(=O)O)c(C)n2)o1. The Balaban J connectivity index is 2.03. The first kappa shape index (κ1) is 13.0. The van der Waals surface area contributed by atoms with Gasteiger partial charge in [0.1, 0.15) is 5.76 Å². The number of aromatic carboxylic acids is 1. The molecule has 0 saturated carbocycles. The van der Waals surface area contributed by atoms with Crippen molar-refractivity contribution in [1.82, 2.24) is 15.0 Å². The van der Waals surface area contributed by atoms with E-state index in [1.807, 2.05) is 6.92 Å². The van der Waals surface area contributed by atoms with E-state index < -0.39 is 5.97 Å². The fourth-order valence-electron chi connectivity index (χ4n) is 1.51. The third-order valence-electron chi connectivity index (χ3n) is 2.56. The van der Waals surface area contributed by atoms with Crippen LogP contribution in [0.1, 0.15) is 34.6 Å². The van der Waals surface area contributed by atoms with Crippen molar-refractivity contribution in [3.63, 3.8) is 0 Å². The van der Waals surface area contributed by atoms with E-state index in [4.69, 9.17) is 9.52 Å². The topological polar surface area (TPSA) is 101 Å². The van der Waals surface area contributed by atoms with Gasteiger partial charge in [-0.15, -0.1) is 0 Å². The summed E-state index contributed by atoms with van der Waals surface area (Å²) in [6, 6.07) is 0. The highest BCUT2D eigenvalue weighted by atomic mass is 16.4. The average molecular weight is 262 g/mol. The first-order valence-electron chi connectivity index (χ1n) is 5.84. The predicted octanol–water partition coefficient (Wildman–Crippen LogP) is 1.65. The zero-order valence-corrected chi connectivity index (χ0v) is 10.7. The molecule has 19 heavy (non-hydrogen) atoms. The molecule has 0 aliphatic heterocycles. The predicted molar refractivity (Wildman–Crippen MR) is 66.9 cm³/mol. The van der Waals surface area contributed by atoms with Crippen molar-refractivity contribution in [3.05, 3.63) is 35.3 Å².